The first-order valence-electron chi connectivity index (χ1n) is 16.1. The number of amides is 1. The highest BCUT2D eigenvalue weighted by Crippen LogP contribution is 2.41. The van der Waals surface area contributed by atoms with E-state index < -0.39 is 0 Å². The molecule has 9 nitrogen and oxygen atoms in total. The van der Waals surface area contributed by atoms with Crippen molar-refractivity contribution in [3.8, 4) is 12.1 Å². The second-order valence-corrected chi connectivity index (χ2v) is 13.1. The van der Waals surface area contributed by atoms with Crippen molar-refractivity contribution < 1.29 is 14.3 Å². The van der Waals surface area contributed by atoms with Crippen molar-refractivity contribution in [1.82, 2.24) is 19.8 Å². The van der Waals surface area contributed by atoms with Gasteiger partial charge in [-0.05, 0) is 68.8 Å². The average molecular weight is 627 g/mol. The molecule has 1 aromatic heterocycles. The molecule has 3 aromatic rings. The molecule has 0 aliphatic carbocycles. The normalized spacial score (nSPS) is 22.9. The fourth-order valence-electron chi connectivity index (χ4n) is 7.86. The lowest BCUT2D eigenvalue weighted by molar-refractivity contribution is -0.128. The van der Waals surface area contributed by atoms with Crippen molar-refractivity contribution in [2.75, 3.05) is 44.2 Å². The van der Waals surface area contributed by atoms with Crippen molar-refractivity contribution in [2.24, 2.45) is 0 Å². The first-order valence-corrected chi connectivity index (χ1v) is 16.5. The Bertz CT molecular complexity index is 1660. The monoisotopic (exact) mass is 626 g/mol. The van der Waals surface area contributed by atoms with Crippen LogP contribution in [0.4, 0.5) is 5.82 Å². The SMILES string of the molecule is C/C=C/C(=O)N1CCN(c2nc(OCC34CCCN3CCC4)nc3c2COC(c2cccc4cccc(Cl)c24)C3)C[C@@H]1CC#N. The smallest absolute Gasteiger partial charge is 0.318 e. The number of ether oxygens (including phenoxy) is 2. The minimum Gasteiger partial charge on any atom is -0.461 e. The Hall–Kier alpha value is -3.71. The highest BCUT2D eigenvalue weighted by Gasteiger charge is 2.45. The van der Waals surface area contributed by atoms with Gasteiger partial charge in [0.05, 0.1) is 42.5 Å². The van der Waals surface area contributed by atoms with Crippen LogP contribution < -0.4 is 9.64 Å². The van der Waals surface area contributed by atoms with Gasteiger partial charge in [0, 0.05) is 42.0 Å². The van der Waals surface area contributed by atoms with E-state index in [2.05, 4.69) is 34.1 Å². The van der Waals surface area contributed by atoms with Crippen molar-refractivity contribution in [3.63, 3.8) is 0 Å². The second kappa shape index (κ2) is 12.6. The van der Waals surface area contributed by atoms with E-state index in [1.165, 1.54) is 12.8 Å². The molecule has 234 valence electrons. The van der Waals surface area contributed by atoms with E-state index in [4.69, 9.17) is 31.0 Å². The van der Waals surface area contributed by atoms with Crippen LogP contribution in [0, 0.1) is 11.3 Å². The Kier molecular flexibility index (Phi) is 8.38. The van der Waals surface area contributed by atoms with Crippen LogP contribution in [0.15, 0.2) is 48.6 Å². The molecular weight excluding hydrogens is 588 g/mol. The van der Waals surface area contributed by atoms with Gasteiger partial charge in [-0.1, -0.05) is 48.0 Å². The molecule has 1 unspecified atom stereocenters. The van der Waals surface area contributed by atoms with Gasteiger partial charge in [0.2, 0.25) is 5.91 Å². The Morgan fingerprint density at radius 1 is 1.16 bits per heavy atom. The Morgan fingerprint density at radius 2 is 1.96 bits per heavy atom. The van der Waals surface area contributed by atoms with Gasteiger partial charge in [-0.15, -0.1) is 0 Å². The molecule has 1 amide bonds. The van der Waals surface area contributed by atoms with E-state index in [9.17, 15) is 10.1 Å². The minimum atomic E-state index is -0.248. The largest absolute Gasteiger partial charge is 0.461 e. The molecule has 10 heteroatoms. The molecule has 5 heterocycles. The summed E-state index contributed by atoms with van der Waals surface area (Å²) < 4.78 is 13.1. The molecule has 4 aliphatic heterocycles. The molecule has 0 N–H and O–H groups in total. The maximum atomic E-state index is 12.8. The summed E-state index contributed by atoms with van der Waals surface area (Å²) in [6.45, 7) is 6.60. The van der Waals surface area contributed by atoms with Crippen LogP contribution in [0.25, 0.3) is 10.8 Å². The number of halogens is 1. The number of benzene rings is 2. The number of fused-ring (bicyclic) bond motifs is 3. The molecule has 2 atom stereocenters. The fourth-order valence-corrected chi connectivity index (χ4v) is 8.15. The molecule has 2 aromatic carbocycles. The van der Waals surface area contributed by atoms with Gasteiger partial charge in [-0.3, -0.25) is 9.69 Å². The van der Waals surface area contributed by atoms with E-state index >= 15 is 0 Å². The summed E-state index contributed by atoms with van der Waals surface area (Å²) in [6, 6.07) is 14.6. The maximum Gasteiger partial charge on any atom is 0.318 e. The van der Waals surface area contributed by atoms with Crippen molar-refractivity contribution in [1.29, 1.82) is 5.26 Å². The molecular formula is C35H39ClN6O3. The highest BCUT2D eigenvalue weighted by atomic mass is 35.5. The third-order valence-corrected chi connectivity index (χ3v) is 10.4. The lowest BCUT2D eigenvalue weighted by Crippen LogP contribution is -2.55. The number of hydrogen-bond acceptors (Lipinski definition) is 8. The van der Waals surface area contributed by atoms with Crippen LogP contribution in [-0.4, -0.2) is 76.6 Å². The Morgan fingerprint density at radius 3 is 2.73 bits per heavy atom. The molecule has 4 aliphatic rings. The van der Waals surface area contributed by atoms with E-state index in [0.717, 1.165) is 59.3 Å². The number of aromatic nitrogens is 2. The number of hydrogen-bond donors (Lipinski definition) is 0. The molecule has 3 saturated heterocycles. The average Bonchev–Trinajstić information content (AvgIpc) is 3.64. The number of rotatable bonds is 7. The van der Waals surface area contributed by atoms with Gasteiger partial charge in [-0.2, -0.15) is 15.2 Å². The zero-order valence-electron chi connectivity index (χ0n) is 25.8. The summed E-state index contributed by atoms with van der Waals surface area (Å²) in [5.74, 6) is 0.709. The number of carbonyl (C=O) groups excluding carboxylic acids is 1. The van der Waals surface area contributed by atoms with E-state index in [0.29, 0.717) is 50.3 Å². The lowest BCUT2D eigenvalue weighted by atomic mass is 9.94. The summed E-state index contributed by atoms with van der Waals surface area (Å²) >= 11 is 6.71. The summed E-state index contributed by atoms with van der Waals surface area (Å²) in [5.41, 5.74) is 2.96. The first kappa shape index (κ1) is 30.0. The predicted octanol–water partition coefficient (Wildman–Crippen LogP) is 5.61. The molecule has 7 rings (SSSR count). The summed E-state index contributed by atoms with van der Waals surface area (Å²) in [5, 5.41) is 12.4. The molecule has 0 spiro atoms. The third-order valence-electron chi connectivity index (χ3n) is 10.1. The first-order chi connectivity index (χ1) is 22.0. The van der Waals surface area contributed by atoms with E-state index in [1.54, 1.807) is 17.1 Å². The zero-order chi connectivity index (χ0) is 31.0. The van der Waals surface area contributed by atoms with Crippen molar-refractivity contribution >= 4 is 34.1 Å². The standard InChI is InChI=1S/C35H39ClN6O3/c1-2-7-31(43)42-19-18-40(21-25(42)12-15-37)33-27-22-44-30(26-10-3-8-24-9-4-11-28(36)32(24)26)20-29(27)38-34(39-33)45-23-35-13-5-16-41(35)17-6-14-35/h2-4,7-11,25,30H,5-6,12-14,16-23H2,1H3/b7-2+/t25-,30?/m0/s1. The molecule has 0 saturated carbocycles. The van der Waals surface area contributed by atoms with E-state index in [1.807, 2.05) is 25.1 Å². The quantitative estimate of drug-likeness (QED) is 0.312. The van der Waals surface area contributed by atoms with Crippen molar-refractivity contribution in [3.05, 3.63) is 70.4 Å². The zero-order valence-corrected chi connectivity index (χ0v) is 26.5. The van der Waals surface area contributed by atoms with Gasteiger partial charge in [-0.25, -0.2) is 0 Å². The third kappa shape index (κ3) is 5.65. The van der Waals surface area contributed by atoms with Gasteiger partial charge in [0.15, 0.2) is 0 Å². The lowest BCUT2D eigenvalue weighted by Gasteiger charge is -2.42. The van der Waals surface area contributed by atoms with Gasteiger partial charge in [0.25, 0.3) is 0 Å². The van der Waals surface area contributed by atoms with Crippen LogP contribution in [-0.2, 0) is 22.6 Å². The number of anilines is 1. The Balaban J connectivity index is 1.23. The molecule has 0 bridgehead atoms. The van der Waals surface area contributed by atoms with E-state index in [-0.39, 0.29) is 30.0 Å². The Labute approximate surface area is 269 Å². The predicted molar refractivity (Wildman–Crippen MR) is 173 cm³/mol. The number of carbonyl (C=O) groups is 1. The topological polar surface area (TPSA) is 94.8 Å². The number of allylic oxidation sites excluding steroid dienone is 1. The highest BCUT2D eigenvalue weighted by molar-refractivity contribution is 6.35. The van der Waals surface area contributed by atoms with Crippen LogP contribution in [0.5, 0.6) is 6.01 Å². The summed E-state index contributed by atoms with van der Waals surface area (Å²) in [7, 11) is 0. The van der Waals surface area contributed by atoms with Gasteiger partial charge >= 0.3 is 6.01 Å². The summed E-state index contributed by atoms with van der Waals surface area (Å²) in [6.07, 6.45) is 8.57. The fraction of sp³-hybridized carbons (Fsp3) is 0.486. The van der Waals surface area contributed by atoms with Crippen LogP contribution >= 0.6 is 11.6 Å². The maximum absolute atomic E-state index is 12.8. The van der Waals surface area contributed by atoms with Gasteiger partial charge in [0.1, 0.15) is 12.4 Å². The van der Waals surface area contributed by atoms with Crippen LogP contribution in [0.2, 0.25) is 5.02 Å². The second-order valence-electron chi connectivity index (χ2n) is 12.6. The molecule has 45 heavy (non-hydrogen) atoms. The summed E-state index contributed by atoms with van der Waals surface area (Å²) in [4.78, 5) is 29.4. The molecule has 0 radical (unpaired) electrons. The number of piperazine rings is 1. The number of nitrogens with zero attached hydrogens (tertiary/aromatic N) is 6. The minimum absolute atomic E-state index is 0.0667. The number of nitriles is 1. The van der Waals surface area contributed by atoms with Crippen LogP contribution in [0.3, 0.4) is 0 Å². The van der Waals surface area contributed by atoms with Gasteiger partial charge < -0.3 is 19.3 Å². The molecule has 3 fully saturated rings. The van der Waals surface area contributed by atoms with Crippen LogP contribution in [0.1, 0.15) is 62.0 Å². The van der Waals surface area contributed by atoms with Crippen molar-refractivity contribution in [2.45, 2.75) is 69.7 Å².